The van der Waals surface area contributed by atoms with Crippen LogP contribution < -0.4 is 9.64 Å². The maximum Gasteiger partial charge on any atom is 0.573 e. The minimum absolute atomic E-state index is 0.00919. The van der Waals surface area contributed by atoms with E-state index < -0.39 is 22.0 Å². The predicted octanol–water partition coefficient (Wildman–Crippen LogP) is 1.57. The number of amides is 1. The first-order valence-electron chi connectivity index (χ1n) is 9.49. The monoisotopic (exact) mass is 451 g/mol. The summed E-state index contributed by atoms with van der Waals surface area (Å²) < 4.78 is 68.2. The van der Waals surface area contributed by atoms with E-state index in [4.69, 9.17) is 5.11 Å². The zero-order valence-electron chi connectivity index (χ0n) is 16.4. The molecule has 12 heteroatoms. The summed E-state index contributed by atoms with van der Waals surface area (Å²) in [7, 11) is -2.30. The standard InChI is InChI=1S/C18H24F3N3O5S/c1-22(12-13-25)30(27,28)23-9-6-17(7-10-23)8-11-24(16(17)26)14-2-4-15(5-3-14)29-18(19,20)21/h2-5,25H,6-13H2,1H3. The maximum absolute atomic E-state index is 13.1. The average molecular weight is 451 g/mol. The first kappa shape index (κ1) is 22.8. The van der Waals surface area contributed by atoms with Crippen LogP contribution in [0.25, 0.3) is 0 Å². The normalized spacial score (nSPS) is 20.3. The summed E-state index contributed by atoms with van der Waals surface area (Å²) in [6.45, 7) is 0.500. The van der Waals surface area contributed by atoms with E-state index in [9.17, 15) is 26.4 Å². The highest BCUT2D eigenvalue weighted by atomic mass is 32.2. The lowest BCUT2D eigenvalue weighted by Gasteiger charge is -2.38. The third kappa shape index (κ3) is 4.56. The number of hydrogen-bond donors (Lipinski definition) is 1. The van der Waals surface area contributed by atoms with Crippen LogP contribution in [0, 0.1) is 5.41 Å². The molecule has 2 fully saturated rings. The van der Waals surface area contributed by atoms with Gasteiger partial charge in [0.1, 0.15) is 5.75 Å². The van der Waals surface area contributed by atoms with Gasteiger partial charge in [-0.3, -0.25) is 4.79 Å². The van der Waals surface area contributed by atoms with Gasteiger partial charge >= 0.3 is 6.36 Å². The van der Waals surface area contributed by atoms with Crippen LogP contribution in [0.3, 0.4) is 0 Å². The highest BCUT2D eigenvalue weighted by molar-refractivity contribution is 7.86. The van der Waals surface area contributed by atoms with Crippen molar-refractivity contribution in [2.24, 2.45) is 5.41 Å². The molecule has 0 radical (unpaired) electrons. The van der Waals surface area contributed by atoms with Crippen molar-refractivity contribution in [1.29, 1.82) is 0 Å². The van der Waals surface area contributed by atoms with E-state index >= 15 is 0 Å². The smallest absolute Gasteiger partial charge is 0.406 e. The summed E-state index contributed by atoms with van der Waals surface area (Å²) in [5.41, 5.74) is -0.202. The molecule has 2 aliphatic rings. The lowest BCUT2D eigenvalue weighted by atomic mass is 9.77. The molecule has 2 heterocycles. The molecule has 1 aromatic carbocycles. The van der Waals surface area contributed by atoms with Crippen LogP contribution in [0.5, 0.6) is 5.75 Å². The minimum atomic E-state index is -4.78. The van der Waals surface area contributed by atoms with Crippen LogP contribution in [0.2, 0.25) is 0 Å². The Morgan fingerprint density at radius 3 is 2.23 bits per heavy atom. The Hall–Kier alpha value is -1.89. The van der Waals surface area contributed by atoms with E-state index in [1.54, 1.807) is 0 Å². The molecule has 0 aromatic heterocycles. The molecule has 0 aliphatic carbocycles. The molecular formula is C18H24F3N3O5S. The number of rotatable bonds is 6. The van der Waals surface area contributed by atoms with Crippen molar-refractivity contribution >= 4 is 21.8 Å². The number of halogens is 3. The largest absolute Gasteiger partial charge is 0.573 e. The lowest BCUT2D eigenvalue weighted by Crippen LogP contribution is -2.50. The minimum Gasteiger partial charge on any atom is -0.406 e. The SMILES string of the molecule is CN(CCO)S(=O)(=O)N1CCC2(CCN(c3ccc(OC(F)(F)F)cc3)C2=O)CC1. The quantitative estimate of drug-likeness (QED) is 0.709. The molecule has 0 bridgehead atoms. The summed E-state index contributed by atoms with van der Waals surface area (Å²) in [6, 6.07) is 5.13. The Balaban J connectivity index is 1.66. The van der Waals surface area contributed by atoms with Gasteiger partial charge in [-0.2, -0.15) is 17.0 Å². The Labute approximate surface area is 173 Å². The van der Waals surface area contributed by atoms with Gasteiger partial charge in [0.2, 0.25) is 5.91 Å². The van der Waals surface area contributed by atoms with Gasteiger partial charge in [-0.1, -0.05) is 0 Å². The fourth-order valence-corrected chi connectivity index (χ4v) is 5.31. The molecule has 8 nitrogen and oxygen atoms in total. The first-order valence-corrected chi connectivity index (χ1v) is 10.9. The van der Waals surface area contributed by atoms with E-state index in [1.807, 2.05) is 0 Å². The number of ether oxygens (including phenoxy) is 1. The van der Waals surface area contributed by atoms with Crippen molar-refractivity contribution in [1.82, 2.24) is 8.61 Å². The molecule has 0 unspecified atom stereocenters. The van der Waals surface area contributed by atoms with E-state index in [1.165, 1.54) is 28.4 Å². The number of hydrogen-bond acceptors (Lipinski definition) is 5. The van der Waals surface area contributed by atoms with E-state index in [0.717, 1.165) is 16.4 Å². The molecule has 3 rings (SSSR count). The molecule has 2 saturated heterocycles. The van der Waals surface area contributed by atoms with Gasteiger partial charge in [0, 0.05) is 38.9 Å². The molecular weight excluding hydrogens is 427 g/mol. The Morgan fingerprint density at radius 1 is 1.13 bits per heavy atom. The van der Waals surface area contributed by atoms with E-state index in [0.29, 0.717) is 31.5 Å². The molecule has 1 spiro atoms. The first-order chi connectivity index (χ1) is 14.0. The van der Waals surface area contributed by atoms with Gasteiger partial charge in [-0.15, -0.1) is 13.2 Å². The van der Waals surface area contributed by atoms with Crippen LogP contribution >= 0.6 is 0 Å². The molecule has 1 amide bonds. The maximum atomic E-state index is 13.1. The van der Waals surface area contributed by atoms with Gasteiger partial charge in [0.15, 0.2) is 0 Å². The van der Waals surface area contributed by atoms with Crippen LogP contribution in [-0.4, -0.2) is 74.2 Å². The van der Waals surface area contributed by atoms with Crippen LogP contribution in [0.4, 0.5) is 18.9 Å². The van der Waals surface area contributed by atoms with E-state index in [2.05, 4.69) is 4.74 Å². The second-order valence-electron chi connectivity index (χ2n) is 7.48. The third-order valence-electron chi connectivity index (χ3n) is 5.71. The van der Waals surface area contributed by atoms with E-state index in [-0.39, 0.29) is 37.9 Å². The molecule has 0 saturated carbocycles. The van der Waals surface area contributed by atoms with Crippen molar-refractivity contribution < 1.29 is 36.2 Å². The number of nitrogens with zero attached hydrogens (tertiary/aromatic N) is 3. The Kier molecular flexibility index (Phi) is 6.33. The van der Waals surface area contributed by atoms with Crippen LogP contribution in [-0.2, 0) is 15.0 Å². The summed E-state index contributed by atoms with van der Waals surface area (Å²) in [5, 5.41) is 8.97. The third-order valence-corrected chi connectivity index (χ3v) is 7.70. The van der Waals surface area contributed by atoms with Gasteiger partial charge in [-0.25, -0.2) is 0 Å². The topological polar surface area (TPSA) is 90.4 Å². The number of piperidine rings is 1. The number of anilines is 1. The van der Waals surface area contributed by atoms with Crippen molar-refractivity contribution in [3.63, 3.8) is 0 Å². The molecule has 0 atom stereocenters. The number of carbonyl (C=O) groups excluding carboxylic acids is 1. The summed E-state index contributed by atoms with van der Waals surface area (Å²) in [4.78, 5) is 14.6. The van der Waals surface area contributed by atoms with Gasteiger partial charge in [-0.05, 0) is 43.5 Å². The summed E-state index contributed by atoms with van der Waals surface area (Å²) >= 11 is 0. The van der Waals surface area contributed by atoms with Crippen molar-refractivity contribution in [3.8, 4) is 5.75 Å². The fourth-order valence-electron chi connectivity index (χ4n) is 3.96. The average Bonchev–Trinajstić information content (AvgIpc) is 2.98. The van der Waals surface area contributed by atoms with Crippen molar-refractivity contribution in [2.45, 2.75) is 25.6 Å². The number of likely N-dealkylation sites (N-methyl/N-ethyl adjacent to an activating group) is 1. The van der Waals surface area contributed by atoms with Crippen molar-refractivity contribution in [3.05, 3.63) is 24.3 Å². The van der Waals surface area contributed by atoms with Crippen molar-refractivity contribution in [2.75, 3.05) is 44.7 Å². The molecule has 2 aliphatic heterocycles. The predicted molar refractivity (Wildman–Crippen MR) is 102 cm³/mol. The summed E-state index contributed by atoms with van der Waals surface area (Å²) in [5.74, 6) is -0.508. The second kappa shape index (κ2) is 8.33. The number of alkyl halides is 3. The zero-order chi connectivity index (χ0) is 22.2. The van der Waals surface area contributed by atoms with Crippen LogP contribution in [0.15, 0.2) is 24.3 Å². The Bertz CT molecular complexity index is 868. The zero-order valence-corrected chi connectivity index (χ0v) is 17.2. The highest BCUT2D eigenvalue weighted by Gasteiger charge is 2.50. The molecule has 1 N–H and O–H groups in total. The highest BCUT2D eigenvalue weighted by Crippen LogP contribution is 2.44. The second-order valence-corrected chi connectivity index (χ2v) is 9.52. The van der Waals surface area contributed by atoms with Gasteiger partial charge in [0.05, 0.1) is 12.0 Å². The lowest BCUT2D eigenvalue weighted by molar-refractivity contribution is -0.274. The summed E-state index contributed by atoms with van der Waals surface area (Å²) in [6.07, 6.45) is -3.50. The fraction of sp³-hybridized carbons (Fsp3) is 0.611. The van der Waals surface area contributed by atoms with Crippen LogP contribution in [0.1, 0.15) is 19.3 Å². The number of aliphatic hydroxyl groups excluding tert-OH is 1. The number of carbonyl (C=O) groups is 1. The van der Waals surface area contributed by atoms with Gasteiger partial charge < -0.3 is 14.7 Å². The Morgan fingerprint density at radius 2 is 1.70 bits per heavy atom. The molecule has 30 heavy (non-hydrogen) atoms. The number of aliphatic hydroxyl groups is 1. The van der Waals surface area contributed by atoms with Gasteiger partial charge in [0.25, 0.3) is 10.2 Å². The number of benzene rings is 1. The molecule has 1 aromatic rings. The molecule has 168 valence electrons.